The molecule has 0 aliphatic carbocycles. The number of hydrogen-bond donors (Lipinski definition) is 1. The van der Waals surface area contributed by atoms with Crippen molar-refractivity contribution in [2.45, 2.75) is 37.1 Å². The Hall–Kier alpha value is -1.36. The molecule has 1 N–H and O–H groups in total. The molecule has 0 radical (unpaired) electrons. The minimum atomic E-state index is -3.27. The first-order valence-electron chi connectivity index (χ1n) is 8.22. The van der Waals surface area contributed by atoms with Crippen molar-refractivity contribution in [3.63, 3.8) is 0 Å². The van der Waals surface area contributed by atoms with Gasteiger partial charge in [-0.3, -0.25) is 0 Å². The van der Waals surface area contributed by atoms with Crippen LogP contribution in [0.5, 0.6) is 0 Å². The van der Waals surface area contributed by atoms with Crippen LogP contribution in [0.4, 0.5) is 0 Å². The van der Waals surface area contributed by atoms with Crippen LogP contribution in [0, 0.1) is 0 Å². The highest BCUT2D eigenvalue weighted by molar-refractivity contribution is 7.91. The molecule has 3 nitrogen and oxygen atoms in total. The second-order valence-corrected chi connectivity index (χ2v) is 8.40. The summed E-state index contributed by atoms with van der Waals surface area (Å²) in [5, 5.41) is 4.17. The number of hydrogen-bond acceptors (Lipinski definition) is 3. The summed E-state index contributed by atoms with van der Waals surface area (Å²) in [5.74, 6) is 0.0757. The lowest BCUT2D eigenvalue weighted by atomic mass is 9.85. The first-order valence-corrected chi connectivity index (χ1v) is 10.3. The minimum Gasteiger partial charge on any atom is -0.306 e. The molecule has 0 saturated carbocycles. The van der Waals surface area contributed by atoms with Crippen LogP contribution < -0.4 is 5.32 Å². The molecule has 0 bridgehead atoms. The molecule has 2 aromatic carbocycles. The first kappa shape index (κ1) is 19.0. The van der Waals surface area contributed by atoms with Crippen LogP contribution in [0.25, 0.3) is 0 Å². The fourth-order valence-corrected chi connectivity index (χ4v) is 4.25. The van der Waals surface area contributed by atoms with Gasteiger partial charge in [0, 0.05) is 17.1 Å². The van der Waals surface area contributed by atoms with Crippen LogP contribution in [-0.4, -0.2) is 20.7 Å². The average molecular weight is 366 g/mol. The van der Waals surface area contributed by atoms with Crippen molar-refractivity contribution in [3.05, 3.63) is 65.2 Å². The molecule has 0 spiro atoms. The molecule has 0 aliphatic rings. The molecule has 0 aromatic heterocycles. The van der Waals surface area contributed by atoms with Gasteiger partial charge in [0.2, 0.25) is 0 Å². The average Bonchev–Trinajstić information content (AvgIpc) is 2.61. The summed E-state index contributed by atoms with van der Waals surface area (Å²) in [5.41, 5.74) is 0.894. The smallest absolute Gasteiger partial charge is 0.179 e. The summed E-state index contributed by atoms with van der Waals surface area (Å²) < 4.78 is 24.8. The highest BCUT2D eigenvalue weighted by atomic mass is 35.5. The summed E-state index contributed by atoms with van der Waals surface area (Å²) in [7, 11) is -3.27. The molecule has 0 saturated heterocycles. The van der Waals surface area contributed by atoms with Gasteiger partial charge in [-0.15, -0.1) is 0 Å². The standard InChI is InChI=1S/C19H24ClNO2S/c1-3-19(4-2,16-10-12-17(20)13-11-16)21-14-15-24(22,23)18-8-6-5-7-9-18/h5-13,21H,3-4,14-15H2,1-2H3. The van der Waals surface area contributed by atoms with E-state index in [1.54, 1.807) is 24.3 Å². The van der Waals surface area contributed by atoms with Crippen molar-refractivity contribution in [3.8, 4) is 0 Å². The Morgan fingerprint density at radius 2 is 1.54 bits per heavy atom. The van der Waals surface area contributed by atoms with E-state index in [9.17, 15) is 8.42 Å². The van der Waals surface area contributed by atoms with Gasteiger partial charge in [0.1, 0.15) is 0 Å². The number of rotatable bonds is 8. The third-order valence-corrected chi connectivity index (χ3v) is 6.52. The SMILES string of the molecule is CCC(CC)(NCCS(=O)(=O)c1ccccc1)c1ccc(Cl)cc1. The van der Waals surface area contributed by atoms with Gasteiger partial charge >= 0.3 is 0 Å². The van der Waals surface area contributed by atoms with Crippen molar-refractivity contribution in [2.24, 2.45) is 0 Å². The van der Waals surface area contributed by atoms with E-state index in [2.05, 4.69) is 19.2 Å². The fourth-order valence-electron chi connectivity index (χ4n) is 2.95. The monoisotopic (exact) mass is 365 g/mol. The zero-order chi connectivity index (χ0) is 17.6. The third kappa shape index (κ3) is 4.38. The maximum atomic E-state index is 12.4. The van der Waals surface area contributed by atoms with E-state index in [-0.39, 0.29) is 11.3 Å². The van der Waals surface area contributed by atoms with Gasteiger partial charge in [-0.1, -0.05) is 55.8 Å². The van der Waals surface area contributed by atoms with E-state index in [0.29, 0.717) is 16.5 Å². The molecule has 0 fully saturated rings. The lowest BCUT2D eigenvalue weighted by Gasteiger charge is -2.34. The summed E-state index contributed by atoms with van der Waals surface area (Å²) in [6, 6.07) is 16.4. The number of benzene rings is 2. The topological polar surface area (TPSA) is 46.2 Å². The normalized spacial score (nSPS) is 12.3. The molecule has 0 heterocycles. The van der Waals surface area contributed by atoms with E-state index >= 15 is 0 Å². The molecular weight excluding hydrogens is 342 g/mol. The molecule has 130 valence electrons. The lowest BCUT2D eigenvalue weighted by Crippen LogP contribution is -2.43. The second kappa shape index (κ2) is 8.15. The number of nitrogens with one attached hydrogen (secondary N) is 1. The van der Waals surface area contributed by atoms with Gasteiger partial charge in [-0.05, 0) is 42.7 Å². The lowest BCUT2D eigenvalue weighted by molar-refractivity contribution is 0.316. The zero-order valence-electron chi connectivity index (χ0n) is 14.1. The third-order valence-electron chi connectivity index (χ3n) is 4.54. The van der Waals surface area contributed by atoms with Crippen molar-refractivity contribution in [1.29, 1.82) is 0 Å². The van der Waals surface area contributed by atoms with Gasteiger partial charge in [-0.25, -0.2) is 8.42 Å². The zero-order valence-corrected chi connectivity index (χ0v) is 15.7. The van der Waals surface area contributed by atoms with Crippen LogP contribution >= 0.6 is 11.6 Å². The largest absolute Gasteiger partial charge is 0.306 e. The van der Waals surface area contributed by atoms with Crippen molar-refractivity contribution >= 4 is 21.4 Å². The number of sulfone groups is 1. The molecule has 0 amide bonds. The highest BCUT2D eigenvalue weighted by Crippen LogP contribution is 2.29. The van der Waals surface area contributed by atoms with Crippen LogP contribution in [0.1, 0.15) is 32.3 Å². The Labute approximate surface area is 150 Å². The van der Waals surface area contributed by atoms with Gasteiger partial charge < -0.3 is 5.32 Å². The van der Waals surface area contributed by atoms with E-state index in [4.69, 9.17) is 11.6 Å². The summed E-state index contributed by atoms with van der Waals surface area (Å²) in [6.45, 7) is 4.62. The quantitative estimate of drug-likeness (QED) is 0.753. The minimum absolute atomic E-state index is 0.0757. The van der Waals surface area contributed by atoms with Crippen LogP contribution in [0.3, 0.4) is 0 Å². The Bertz CT molecular complexity index is 739. The molecule has 0 unspecified atom stereocenters. The molecule has 2 aromatic rings. The highest BCUT2D eigenvalue weighted by Gasteiger charge is 2.28. The molecule has 0 atom stereocenters. The van der Waals surface area contributed by atoms with Crippen LogP contribution in [0.15, 0.2) is 59.5 Å². The fraction of sp³-hybridized carbons (Fsp3) is 0.368. The van der Waals surface area contributed by atoms with Crippen molar-refractivity contribution < 1.29 is 8.42 Å². The summed E-state index contributed by atoms with van der Waals surface area (Å²) >= 11 is 5.98. The number of halogens is 1. The molecule has 24 heavy (non-hydrogen) atoms. The van der Waals surface area contributed by atoms with Crippen molar-refractivity contribution in [2.75, 3.05) is 12.3 Å². The molecule has 5 heteroatoms. The van der Waals surface area contributed by atoms with Gasteiger partial charge in [-0.2, -0.15) is 0 Å². The Morgan fingerprint density at radius 1 is 0.958 bits per heavy atom. The van der Waals surface area contributed by atoms with Gasteiger partial charge in [0.15, 0.2) is 9.84 Å². The second-order valence-electron chi connectivity index (χ2n) is 5.85. The maximum absolute atomic E-state index is 12.4. The van der Waals surface area contributed by atoms with Crippen LogP contribution in [0.2, 0.25) is 5.02 Å². The predicted molar refractivity (Wildman–Crippen MR) is 100 cm³/mol. The van der Waals surface area contributed by atoms with Crippen LogP contribution in [-0.2, 0) is 15.4 Å². The Balaban J connectivity index is 2.11. The maximum Gasteiger partial charge on any atom is 0.179 e. The summed E-state index contributed by atoms with van der Waals surface area (Å²) in [4.78, 5) is 0.372. The molecule has 2 rings (SSSR count). The summed E-state index contributed by atoms with van der Waals surface area (Å²) in [6.07, 6.45) is 1.74. The molecule has 0 aliphatic heterocycles. The van der Waals surface area contributed by atoms with E-state index in [1.807, 2.05) is 30.3 Å². The Kier molecular flexibility index (Phi) is 6.44. The van der Waals surface area contributed by atoms with Gasteiger partial charge in [0.25, 0.3) is 0 Å². The van der Waals surface area contributed by atoms with Gasteiger partial charge in [0.05, 0.1) is 10.6 Å². The van der Waals surface area contributed by atoms with E-state index < -0.39 is 9.84 Å². The first-order chi connectivity index (χ1) is 11.4. The predicted octanol–water partition coefficient (Wildman–Crippen LogP) is 4.42. The molecular formula is C19H24ClNO2S. The van der Waals surface area contributed by atoms with E-state index in [1.165, 1.54) is 0 Å². The van der Waals surface area contributed by atoms with E-state index in [0.717, 1.165) is 18.4 Å². The Morgan fingerprint density at radius 3 is 2.08 bits per heavy atom. The van der Waals surface area contributed by atoms with Crippen molar-refractivity contribution in [1.82, 2.24) is 5.32 Å².